The minimum atomic E-state index is 0.122. The Balaban J connectivity index is 1.71. The molecule has 2 aromatic heterocycles. The fraction of sp³-hybridized carbons (Fsp3) is 0.263. The molecule has 24 heavy (non-hydrogen) atoms. The Hall–Kier alpha value is -2.40. The number of rotatable bonds is 2. The van der Waals surface area contributed by atoms with E-state index in [9.17, 15) is 4.79 Å². The highest BCUT2D eigenvalue weighted by atomic mass is 32.1. The van der Waals surface area contributed by atoms with E-state index in [-0.39, 0.29) is 11.8 Å². The molecule has 0 saturated heterocycles. The van der Waals surface area contributed by atoms with Crippen LogP contribution in [0, 0.1) is 6.92 Å². The zero-order valence-corrected chi connectivity index (χ0v) is 14.6. The molecule has 1 aliphatic rings. The van der Waals surface area contributed by atoms with Crippen LogP contribution >= 0.6 is 11.3 Å². The highest BCUT2D eigenvalue weighted by Gasteiger charge is 2.30. The molecule has 1 aromatic carbocycles. The third-order valence-electron chi connectivity index (χ3n) is 4.56. The van der Waals surface area contributed by atoms with Crippen LogP contribution in [0.3, 0.4) is 0 Å². The van der Waals surface area contributed by atoms with E-state index in [1.165, 1.54) is 16.0 Å². The van der Waals surface area contributed by atoms with E-state index >= 15 is 0 Å². The number of thiophene rings is 1. The second-order valence-corrected chi connectivity index (χ2v) is 7.58. The molecule has 3 aromatic rings. The Kier molecular flexibility index (Phi) is 3.73. The van der Waals surface area contributed by atoms with Gasteiger partial charge in [-0.2, -0.15) is 5.10 Å². The number of hydrogen-bond donors (Lipinski definition) is 0. The van der Waals surface area contributed by atoms with Crippen molar-refractivity contribution in [1.82, 2.24) is 14.7 Å². The number of carbonyl (C=O) groups is 1. The Morgan fingerprint density at radius 3 is 2.79 bits per heavy atom. The van der Waals surface area contributed by atoms with Gasteiger partial charge in [0.15, 0.2) is 0 Å². The highest BCUT2D eigenvalue weighted by Crippen LogP contribution is 2.34. The van der Waals surface area contributed by atoms with Crippen LogP contribution in [0.15, 0.2) is 48.8 Å². The van der Waals surface area contributed by atoms with E-state index in [0.29, 0.717) is 13.1 Å². The molecule has 1 unspecified atom stereocenters. The lowest BCUT2D eigenvalue weighted by atomic mass is 9.86. The molecule has 0 radical (unpaired) electrons. The van der Waals surface area contributed by atoms with Crippen LogP contribution in [-0.2, 0) is 13.6 Å². The number of hydrogen-bond acceptors (Lipinski definition) is 3. The van der Waals surface area contributed by atoms with Gasteiger partial charge in [0.2, 0.25) is 0 Å². The Morgan fingerprint density at radius 1 is 1.25 bits per heavy atom. The van der Waals surface area contributed by atoms with E-state index in [1.54, 1.807) is 11.3 Å². The molecule has 5 heteroatoms. The van der Waals surface area contributed by atoms with E-state index in [2.05, 4.69) is 23.3 Å². The topological polar surface area (TPSA) is 38.1 Å². The Bertz CT molecular complexity index is 895. The third-order valence-corrected chi connectivity index (χ3v) is 5.55. The Labute approximate surface area is 145 Å². The normalized spacial score (nSPS) is 16.9. The van der Waals surface area contributed by atoms with Crippen LogP contribution in [-0.4, -0.2) is 27.1 Å². The monoisotopic (exact) mass is 337 g/mol. The summed E-state index contributed by atoms with van der Waals surface area (Å²) in [6, 6.07) is 12.4. The number of amides is 1. The molecule has 1 amide bonds. The summed E-state index contributed by atoms with van der Waals surface area (Å²) in [6.07, 6.45) is 3.95. The second-order valence-electron chi connectivity index (χ2n) is 6.29. The molecule has 4 rings (SSSR count). The molecule has 0 N–H and O–H groups in total. The SMILES string of the molecule is Cc1ccc(C(=O)N2Cc3ccccc3C(c3cnn(C)c3)C2)s1. The molecule has 0 saturated carbocycles. The highest BCUT2D eigenvalue weighted by molar-refractivity contribution is 7.13. The molecule has 1 atom stereocenters. The first-order valence-corrected chi connectivity index (χ1v) is 8.85. The summed E-state index contributed by atoms with van der Waals surface area (Å²) in [4.78, 5) is 16.9. The van der Waals surface area contributed by atoms with Crippen molar-refractivity contribution >= 4 is 17.2 Å². The van der Waals surface area contributed by atoms with Gasteiger partial charge >= 0.3 is 0 Å². The molecular weight excluding hydrogens is 318 g/mol. The Morgan fingerprint density at radius 2 is 2.08 bits per heavy atom. The van der Waals surface area contributed by atoms with Crippen molar-refractivity contribution in [2.45, 2.75) is 19.4 Å². The summed E-state index contributed by atoms with van der Waals surface area (Å²) in [7, 11) is 1.93. The van der Waals surface area contributed by atoms with Crippen LogP contribution in [0.25, 0.3) is 0 Å². The van der Waals surface area contributed by atoms with E-state index in [1.807, 2.05) is 54.1 Å². The molecular formula is C19H19N3OS. The zero-order chi connectivity index (χ0) is 16.7. The van der Waals surface area contributed by atoms with Crippen LogP contribution in [0.1, 0.15) is 37.2 Å². The first-order valence-electron chi connectivity index (χ1n) is 8.04. The van der Waals surface area contributed by atoms with Gasteiger partial charge in [0.1, 0.15) is 0 Å². The molecule has 0 aliphatic carbocycles. The lowest BCUT2D eigenvalue weighted by Crippen LogP contribution is -2.38. The standard InChI is InChI=1S/C19H19N3OS/c1-13-7-8-18(24-13)19(23)22-11-14-5-3-4-6-16(14)17(12-22)15-9-20-21(2)10-15/h3-10,17H,11-12H2,1-2H3. The predicted octanol–water partition coefficient (Wildman–Crippen LogP) is 3.58. The fourth-order valence-corrected chi connectivity index (χ4v) is 4.21. The van der Waals surface area contributed by atoms with Crippen LogP contribution < -0.4 is 0 Å². The fourth-order valence-electron chi connectivity index (χ4n) is 3.37. The van der Waals surface area contributed by atoms with Crippen molar-refractivity contribution in [1.29, 1.82) is 0 Å². The van der Waals surface area contributed by atoms with Gasteiger partial charge in [-0.15, -0.1) is 11.3 Å². The maximum atomic E-state index is 12.9. The third kappa shape index (κ3) is 2.65. The lowest BCUT2D eigenvalue weighted by molar-refractivity contribution is 0.0730. The number of aromatic nitrogens is 2. The maximum absolute atomic E-state index is 12.9. The average Bonchev–Trinajstić information content (AvgIpc) is 3.21. The van der Waals surface area contributed by atoms with Gasteiger partial charge in [0.05, 0.1) is 11.1 Å². The number of fused-ring (bicyclic) bond motifs is 1. The molecule has 0 bridgehead atoms. The minimum Gasteiger partial charge on any atom is -0.333 e. The summed E-state index contributed by atoms with van der Waals surface area (Å²) < 4.78 is 1.82. The van der Waals surface area contributed by atoms with Crippen LogP contribution in [0.5, 0.6) is 0 Å². The summed E-state index contributed by atoms with van der Waals surface area (Å²) in [5.41, 5.74) is 3.68. The quantitative estimate of drug-likeness (QED) is 0.717. The minimum absolute atomic E-state index is 0.122. The zero-order valence-electron chi connectivity index (χ0n) is 13.8. The number of carbonyl (C=O) groups excluding carboxylic acids is 1. The van der Waals surface area contributed by atoms with Crippen LogP contribution in [0.4, 0.5) is 0 Å². The summed E-state index contributed by atoms with van der Waals surface area (Å²) in [6.45, 7) is 3.40. The average molecular weight is 337 g/mol. The van der Waals surface area contributed by atoms with Crippen molar-refractivity contribution in [2.24, 2.45) is 7.05 Å². The van der Waals surface area contributed by atoms with Crippen molar-refractivity contribution in [3.8, 4) is 0 Å². The van der Waals surface area contributed by atoms with Gasteiger partial charge in [-0.1, -0.05) is 24.3 Å². The van der Waals surface area contributed by atoms with E-state index < -0.39 is 0 Å². The molecule has 4 nitrogen and oxygen atoms in total. The maximum Gasteiger partial charge on any atom is 0.264 e. The van der Waals surface area contributed by atoms with Gasteiger partial charge in [0.25, 0.3) is 5.91 Å². The lowest BCUT2D eigenvalue weighted by Gasteiger charge is -2.34. The first kappa shape index (κ1) is 15.1. The summed E-state index contributed by atoms with van der Waals surface area (Å²) in [5, 5.41) is 4.31. The van der Waals surface area contributed by atoms with Gasteiger partial charge in [-0.05, 0) is 35.7 Å². The summed E-state index contributed by atoms with van der Waals surface area (Å²) in [5.74, 6) is 0.296. The number of aryl methyl sites for hydroxylation is 2. The van der Waals surface area contributed by atoms with Gasteiger partial charge < -0.3 is 4.90 Å². The predicted molar refractivity (Wildman–Crippen MR) is 95.3 cm³/mol. The van der Waals surface area contributed by atoms with Crippen molar-refractivity contribution in [2.75, 3.05) is 6.54 Å². The van der Waals surface area contributed by atoms with E-state index in [4.69, 9.17) is 0 Å². The van der Waals surface area contributed by atoms with Gasteiger partial charge in [0, 0.05) is 37.1 Å². The van der Waals surface area contributed by atoms with Gasteiger partial charge in [-0.25, -0.2) is 0 Å². The second kappa shape index (κ2) is 5.91. The molecule has 0 spiro atoms. The van der Waals surface area contributed by atoms with Crippen molar-refractivity contribution < 1.29 is 4.79 Å². The number of nitrogens with zero attached hydrogens (tertiary/aromatic N) is 3. The molecule has 122 valence electrons. The largest absolute Gasteiger partial charge is 0.333 e. The van der Waals surface area contributed by atoms with E-state index in [0.717, 1.165) is 10.4 Å². The molecule has 0 fully saturated rings. The van der Waals surface area contributed by atoms with Crippen molar-refractivity contribution in [3.05, 3.63) is 75.2 Å². The molecule has 3 heterocycles. The first-order chi connectivity index (χ1) is 11.6. The van der Waals surface area contributed by atoms with Gasteiger partial charge in [-0.3, -0.25) is 9.48 Å². The summed E-state index contributed by atoms with van der Waals surface area (Å²) >= 11 is 1.56. The number of benzene rings is 1. The van der Waals surface area contributed by atoms with Crippen LogP contribution in [0.2, 0.25) is 0 Å². The smallest absolute Gasteiger partial charge is 0.264 e. The van der Waals surface area contributed by atoms with Crippen molar-refractivity contribution in [3.63, 3.8) is 0 Å². The molecule has 1 aliphatic heterocycles.